The van der Waals surface area contributed by atoms with Gasteiger partial charge in [-0.15, -0.1) is 0 Å². The number of hydrogen-bond acceptors (Lipinski definition) is 4. The van der Waals surface area contributed by atoms with Crippen LogP contribution in [0.15, 0.2) is 23.7 Å². The van der Waals surface area contributed by atoms with E-state index in [1.807, 2.05) is 42.8 Å². The van der Waals surface area contributed by atoms with Gasteiger partial charge in [-0.05, 0) is 59.3 Å². The van der Waals surface area contributed by atoms with Crippen LogP contribution in [-0.4, -0.2) is 75.8 Å². The Hall–Kier alpha value is -2.25. The van der Waals surface area contributed by atoms with Crippen LogP contribution < -0.4 is 5.32 Å². The van der Waals surface area contributed by atoms with Gasteiger partial charge in [-0.2, -0.15) is 0 Å². The molecule has 1 aromatic rings. The molecule has 0 spiro atoms. The van der Waals surface area contributed by atoms with Crippen molar-refractivity contribution in [2.45, 2.75) is 71.6 Å². The van der Waals surface area contributed by atoms with Gasteiger partial charge in [0.1, 0.15) is 5.60 Å². The summed E-state index contributed by atoms with van der Waals surface area (Å²) < 4.78 is 7.75. The summed E-state index contributed by atoms with van der Waals surface area (Å²) in [5.41, 5.74) is -0.459. The van der Waals surface area contributed by atoms with Crippen molar-refractivity contribution < 1.29 is 9.53 Å². The van der Waals surface area contributed by atoms with Crippen LogP contribution in [0.2, 0.25) is 0 Å². The first kappa shape index (κ1) is 22.4. The number of aliphatic imine (C=N–C) groups is 1. The van der Waals surface area contributed by atoms with Crippen molar-refractivity contribution in [2.24, 2.45) is 10.9 Å². The first-order valence-electron chi connectivity index (χ1n) is 11.3. The number of carbonyl (C=O) groups is 1. The Bertz CT molecular complexity index is 685. The van der Waals surface area contributed by atoms with Gasteiger partial charge in [-0.25, -0.2) is 9.78 Å². The maximum atomic E-state index is 12.8. The van der Waals surface area contributed by atoms with E-state index in [-0.39, 0.29) is 12.1 Å². The van der Waals surface area contributed by atoms with Crippen molar-refractivity contribution >= 4 is 12.1 Å². The van der Waals surface area contributed by atoms with E-state index in [0.717, 1.165) is 51.5 Å². The number of hydrogen-bond donors (Lipinski definition) is 1. The predicted molar refractivity (Wildman–Crippen MR) is 118 cm³/mol. The van der Waals surface area contributed by atoms with Crippen molar-refractivity contribution in [3.63, 3.8) is 0 Å². The molecule has 3 rings (SSSR count). The zero-order valence-electron chi connectivity index (χ0n) is 19.0. The molecule has 1 aliphatic carbocycles. The fourth-order valence-electron chi connectivity index (χ4n) is 3.78. The van der Waals surface area contributed by atoms with E-state index in [1.165, 1.54) is 12.8 Å². The minimum Gasteiger partial charge on any atom is -0.444 e. The third kappa shape index (κ3) is 6.92. The number of nitrogens with one attached hydrogen (secondary N) is 1. The van der Waals surface area contributed by atoms with E-state index in [2.05, 4.69) is 22.1 Å². The summed E-state index contributed by atoms with van der Waals surface area (Å²) in [6, 6.07) is 0.241. The number of amides is 1. The molecule has 1 saturated heterocycles. The Morgan fingerprint density at radius 3 is 2.57 bits per heavy atom. The number of imidazole rings is 1. The minimum atomic E-state index is -0.459. The predicted octanol–water partition coefficient (Wildman–Crippen LogP) is 2.96. The van der Waals surface area contributed by atoms with Gasteiger partial charge in [0.05, 0.1) is 12.9 Å². The normalized spacial score (nSPS) is 18.4. The summed E-state index contributed by atoms with van der Waals surface area (Å²) in [6.45, 7) is 12.9. The molecule has 0 radical (unpaired) electrons. The Morgan fingerprint density at radius 1 is 1.27 bits per heavy atom. The number of likely N-dealkylation sites (tertiary alicyclic amines) is 1. The molecule has 30 heavy (non-hydrogen) atoms. The van der Waals surface area contributed by atoms with E-state index in [4.69, 9.17) is 9.73 Å². The third-order valence-electron chi connectivity index (χ3n) is 5.50. The standard InChI is InChI=1S/C22H38N6O2/c1-5-24-20(25-11-15-26-14-10-23-17-26)27-12-8-19(9-13-27)28(16-18-6-7-18)21(29)30-22(2,3)4/h10,14,17-19H,5-9,11-13,15-16H2,1-4H3,(H,24,25). The molecule has 1 N–H and O–H groups in total. The summed E-state index contributed by atoms with van der Waals surface area (Å²) in [4.78, 5) is 26.0. The van der Waals surface area contributed by atoms with Crippen LogP contribution in [0, 0.1) is 5.92 Å². The Labute approximate surface area is 180 Å². The molecule has 2 aliphatic rings. The zero-order chi connectivity index (χ0) is 21.6. The lowest BCUT2D eigenvalue weighted by atomic mass is 10.0. The monoisotopic (exact) mass is 418 g/mol. The second-order valence-corrected chi connectivity index (χ2v) is 9.33. The van der Waals surface area contributed by atoms with Gasteiger partial charge < -0.3 is 24.4 Å². The van der Waals surface area contributed by atoms with Gasteiger partial charge in [-0.3, -0.25) is 4.99 Å². The number of piperidine rings is 1. The zero-order valence-corrected chi connectivity index (χ0v) is 19.0. The molecule has 1 saturated carbocycles. The van der Waals surface area contributed by atoms with Crippen LogP contribution in [0.1, 0.15) is 53.4 Å². The average Bonchev–Trinajstić information content (AvgIpc) is 3.37. The van der Waals surface area contributed by atoms with E-state index >= 15 is 0 Å². The Kier molecular flexibility index (Phi) is 7.61. The van der Waals surface area contributed by atoms with Crippen molar-refractivity contribution in [1.82, 2.24) is 24.7 Å². The summed E-state index contributed by atoms with van der Waals surface area (Å²) in [5.74, 6) is 1.61. The first-order valence-corrected chi connectivity index (χ1v) is 11.3. The highest BCUT2D eigenvalue weighted by Crippen LogP contribution is 2.32. The minimum absolute atomic E-state index is 0.159. The maximum absolute atomic E-state index is 12.8. The molecule has 8 heteroatoms. The van der Waals surface area contributed by atoms with E-state index < -0.39 is 5.60 Å². The molecule has 0 atom stereocenters. The molecule has 2 heterocycles. The number of rotatable bonds is 7. The molecule has 0 aromatic carbocycles. The smallest absolute Gasteiger partial charge is 0.410 e. The van der Waals surface area contributed by atoms with Gasteiger partial charge >= 0.3 is 6.09 Å². The largest absolute Gasteiger partial charge is 0.444 e. The van der Waals surface area contributed by atoms with Crippen LogP contribution in [0.5, 0.6) is 0 Å². The second kappa shape index (κ2) is 10.2. The second-order valence-electron chi connectivity index (χ2n) is 9.33. The molecule has 168 valence electrons. The number of carbonyl (C=O) groups excluding carboxylic acids is 1. The molecule has 2 fully saturated rings. The van der Waals surface area contributed by atoms with Gasteiger partial charge in [0.2, 0.25) is 0 Å². The highest BCUT2D eigenvalue weighted by atomic mass is 16.6. The number of guanidine groups is 1. The van der Waals surface area contributed by atoms with E-state index in [1.54, 1.807) is 6.20 Å². The Balaban J connectivity index is 1.56. The highest BCUT2D eigenvalue weighted by Gasteiger charge is 2.35. The first-order chi connectivity index (χ1) is 14.4. The number of ether oxygens (including phenoxy) is 1. The van der Waals surface area contributed by atoms with Crippen molar-refractivity contribution in [3.05, 3.63) is 18.7 Å². The molecular formula is C22H38N6O2. The van der Waals surface area contributed by atoms with Crippen LogP contribution in [0.3, 0.4) is 0 Å². The summed E-state index contributed by atoms with van der Waals surface area (Å²) in [7, 11) is 0. The lowest BCUT2D eigenvalue weighted by Gasteiger charge is -2.40. The highest BCUT2D eigenvalue weighted by molar-refractivity contribution is 5.80. The fourth-order valence-corrected chi connectivity index (χ4v) is 3.78. The van der Waals surface area contributed by atoms with Crippen LogP contribution >= 0.6 is 0 Å². The van der Waals surface area contributed by atoms with E-state index in [0.29, 0.717) is 12.5 Å². The quantitative estimate of drug-likeness (QED) is 0.544. The average molecular weight is 419 g/mol. The van der Waals surface area contributed by atoms with E-state index in [9.17, 15) is 4.79 Å². The molecule has 1 amide bonds. The van der Waals surface area contributed by atoms with Crippen molar-refractivity contribution in [1.29, 1.82) is 0 Å². The SMILES string of the molecule is CCNC(=NCCn1ccnc1)N1CCC(N(CC2CC2)C(=O)OC(C)(C)C)CC1. The van der Waals surface area contributed by atoms with Gasteiger partial charge in [0, 0.05) is 51.2 Å². The van der Waals surface area contributed by atoms with Crippen LogP contribution in [-0.2, 0) is 11.3 Å². The van der Waals surface area contributed by atoms with Gasteiger partial charge in [0.25, 0.3) is 0 Å². The summed E-state index contributed by atoms with van der Waals surface area (Å²) in [6.07, 6.45) is 9.75. The lowest BCUT2D eigenvalue weighted by Crippen LogP contribution is -2.52. The number of nitrogens with zero attached hydrogens (tertiary/aromatic N) is 5. The summed E-state index contributed by atoms with van der Waals surface area (Å²) in [5, 5.41) is 3.42. The van der Waals surface area contributed by atoms with Gasteiger partial charge in [-0.1, -0.05) is 0 Å². The van der Waals surface area contributed by atoms with Crippen LogP contribution in [0.4, 0.5) is 4.79 Å². The molecular weight excluding hydrogens is 380 g/mol. The number of aromatic nitrogens is 2. The van der Waals surface area contributed by atoms with Crippen LogP contribution in [0.25, 0.3) is 0 Å². The molecule has 1 aliphatic heterocycles. The fraction of sp³-hybridized carbons (Fsp3) is 0.773. The van der Waals surface area contributed by atoms with Crippen molar-refractivity contribution in [2.75, 3.05) is 32.7 Å². The molecule has 0 bridgehead atoms. The molecule has 1 aromatic heterocycles. The third-order valence-corrected chi connectivity index (χ3v) is 5.50. The van der Waals surface area contributed by atoms with Crippen molar-refractivity contribution in [3.8, 4) is 0 Å². The Morgan fingerprint density at radius 2 is 2.00 bits per heavy atom. The van der Waals surface area contributed by atoms with Gasteiger partial charge in [0.15, 0.2) is 5.96 Å². The lowest BCUT2D eigenvalue weighted by molar-refractivity contribution is 0.00928. The topological polar surface area (TPSA) is 75.0 Å². The molecule has 0 unspecified atom stereocenters. The molecule has 8 nitrogen and oxygen atoms in total. The summed E-state index contributed by atoms with van der Waals surface area (Å²) >= 11 is 0. The maximum Gasteiger partial charge on any atom is 0.410 e.